The van der Waals surface area contributed by atoms with Gasteiger partial charge < -0.3 is 31.1 Å². The molecule has 3 aromatic rings. The summed E-state index contributed by atoms with van der Waals surface area (Å²) < 4.78 is 37.5. The number of rotatable bonds is 8. The molecule has 0 radical (unpaired) electrons. The fourth-order valence-electron chi connectivity index (χ4n) is 2.94. The zero-order valence-electron chi connectivity index (χ0n) is 19.4. The number of hydrogen-bond donors (Lipinski definition) is 5. The highest BCUT2D eigenvalue weighted by atomic mass is 19.4. The number of alkyl halides is 3. The number of fused-ring (bicyclic) bond motifs is 1. The van der Waals surface area contributed by atoms with E-state index in [0.717, 1.165) is 0 Å². The molecule has 1 heterocycles. The Morgan fingerprint density at radius 3 is 2.26 bits per heavy atom. The minimum absolute atomic E-state index is 0.0376. The number of benzene rings is 2. The van der Waals surface area contributed by atoms with Gasteiger partial charge in [0, 0.05) is 17.3 Å². The van der Waals surface area contributed by atoms with Crippen molar-refractivity contribution in [2.45, 2.75) is 25.1 Å². The minimum atomic E-state index is -5.08. The number of hydrogen-bond acceptors (Lipinski definition) is 8. The van der Waals surface area contributed by atoms with Gasteiger partial charge in [0.15, 0.2) is 11.4 Å². The number of halogens is 3. The second-order valence-corrected chi connectivity index (χ2v) is 7.54. The maximum atomic E-state index is 12.4. The maximum Gasteiger partial charge on any atom is 0.490 e. The number of nitrogens with one attached hydrogen (secondary N) is 1. The predicted molar refractivity (Wildman–Crippen MR) is 126 cm³/mol. The molecule has 200 valence electrons. The van der Waals surface area contributed by atoms with Crippen molar-refractivity contribution in [1.82, 2.24) is 10.3 Å². The lowest BCUT2D eigenvalue weighted by molar-refractivity contribution is -0.192. The lowest BCUT2D eigenvalue weighted by Crippen LogP contribution is -2.32. The van der Waals surface area contributed by atoms with Gasteiger partial charge >= 0.3 is 18.1 Å². The highest BCUT2D eigenvalue weighted by molar-refractivity contribution is 6.03. The van der Waals surface area contributed by atoms with Gasteiger partial charge in [0.25, 0.3) is 5.91 Å². The number of pyridine rings is 1. The lowest BCUT2D eigenvalue weighted by Gasteiger charge is -2.12. The number of para-hydroxylation sites is 1. The number of aromatic nitrogens is 1. The first-order valence-corrected chi connectivity index (χ1v) is 10.7. The summed E-state index contributed by atoms with van der Waals surface area (Å²) >= 11 is 0. The molecule has 0 saturated carbocycles. The molecule has 0 aliphatic carbocycles. The molecule has 0 spiro atoms. The molecule has 11 nitrogen and oxygen atoms in total. The van der Waals surface area contributed by atoms with Gasteiger partial charge in [-0.2, -0.15) is 18.4 Å². The number of ether oxygens (including phenoxy) is 1. The highest BCUT2D eigenvalue weighted by Gasteiger charge is 2.38. The second kappa shape index (κ2) is 12.9. The van der Waals surface area contributed by atoms with Crippen LogP contribution in [0.25, 0.3) is 10.8 Å². The normalized spacial score (nSPS) is 11.4. The monoisotopic (exact) mass is 534 g/mol. The number of nitrogens with two attached hydrogens (primary N) is 1. The SMILES string of the molecule is N#Cc1nc(C(=O)NCCC[C@H](N)C(=O)O)c(O)c2ccc(Oc3ccccc3)cc12.O=C(O)C(F)(F)F. The van der Waals surface area contributed by atoms with E-state index in [1.807, 2.05) is 24.3 Å². The van der Waals surface area contributed by atoms with Gasteiger partial charge in [-0.1, -0.05) is 18.2 Å². The first-order valence-electron chi connectivity index (χ1n) is 10.7. The minimum Gasteiger partial charge on any atom is -0.505 e. The number of aliphatic carboxylic acids is 2. The Labute approximate surface area is 212 Å². The summed E-state index contributed by atoms with van der Waals surface area (Å²) in [6.07, 6.45) is -4.57. The van der Waals surface area contributed by atoms with Crippen molar-refractivity contribution in [3.05, 3.63) is 59.9 Å². The number of carbonyl (C=O) groups excluding carboxylic acids is 1. The molecule has 38 heavy (non-hydrogen) atoms. The summed E-state index contributed by atoms with van der Waals surface area (Å²) in [5.41, 5.74) is 5.09. The quantitative estimate of drug-likeness (QED) is 0.268. The van der Waals surface area contributed by atoms with Crippen molar-refractivity contribution in [3.8, 4) is 23.3 Å². The van der Waals surface area contributed by atoms with Crippen LogP contribution in [0, 0.1) is 11.3 Å². The molecule has 0 fully saturated rings. The van der Waals surface area contributed by atoms with E-state index in [1.54, 1.807) is 30.3 Å². The Kier molecular flexibility index (Phi) is 9.94. The van der Waals surface area contributed by atoms with Crippen molar-refractivity contribution >= 4 is 28.6 Å². The molecular weight excluding hydrogens is 513 g/mol. The third-order valence-electron chi connectivity index (χ3n) is 4.79. The van der Waals surface area contributed by atoms with Crippen molar-refractivity contribution in [2.24, 2.45) is 5.73 Å². The lowest BCUT2D eigenvalue weighted by atomic mass is 10.1. The fraction of sp³-hybridized carbons (Fsp3) is 0.208. The van der Waals surface area contributed by atoms with E-state index in [0.29, 0.717) is 23.3 Å². The Hall–Kier alpha value is -4.90. The summed E-state index contributed by atoms with van der Waals surface area (Å²) in [4.78, 5) is 36.1. The van der Waals surface area contributed by atoms with E-state index >= 15 is 0 Å². The zero-order valence-corrected chi connectivity index (χ0v) is 19.4. The van der Waals surface area contributed by atoms with Crippen LogP contribution in [0.15, 0.2) is 48.5 Å². The van der Waals surface area contributed by atoms with Crippen molar-refractivity contribution in [3.63, 3.8) is 0 Å². The van der Waals surface area contributed by atoms with E-state index in [4.69, 9.17) is 25.5 Å². The number of nitriles is 1. The zero-order chi connectivity index (χ0) is 28.5. The fourth-order valence-corrected chi connectivity index (χ4v) is 2.94. The van der Waals surface area contributed by atoms with Gasteiger partial charge in [-0.3, -0.25) is 9.59 Å². The van der Waals surface area contributed by atoms with Crippen LogP contribution in [0.5, 0.6) is 17.2 Å². The molecule has 0 unspecified atom stereocenters. The van der Waals surface area contributed by atoms with E-state index in [1.165, 1.54) is 0 Å². The summed E-state index contributed by atoms with van der Waals surface area (Å²) in [6.45, 7) is 0.144. The smallest absolute Gasteiger partial charge is 0.490 e. The van der Waals surface area contributed by atoms with Gasteiger partial charge in [-0.25, -0.2) is 9.78 Å². The van der Waals surface area contributed by atoms with Crippen LogP contribution in [0.1, 0.15) is 29.0 Å². The summed E-state index contributed by atoms with van der Waals surface area (Å²) in [5, 5.41) is 39.1. The Morgan fingerprint density at radius 1 is 1.08 bits per heavy atom. The number of carboxylic acid groups (broad SMARTS) is 2. The standard InChI is InChI=1S/C22H20N4O5.C2HF3O2/c23-12-18-16-11-14(31-13-5-2-1-3-6-13)8-9-15(16)20(27)19(26-18)21(28)25-10-4-7-17(24)22(29)30;3-2(4,5)1(6)7/h1-3,5-6,8-9,11,17,27H,4,7,10,24H2,(H,25,28)(H,29,30);(H,6,7)/t17-;/m0./s1. The second-order valence-electron chi connectivity index (χ2n) is 7.54. The summed E-state index contributed by atoms with van der Waals surface area (Å²) in [7, 11) is 0. The van der Waals surface area contributed by atoms with E-state index in [-0.39, 0.29) is 35.5 Å². The molecule has 1 amide bonds. The van der Waals surface area contributed by atoms with E-state index in [2.05, 4.69) is 10.3 Å². The Morgan fingerprint density at radius 2 is 1.71 bits per heavy atom. The molecule has 14 heteroatoms. The Balaban J connectivity index is 0.000000638. The largest absolute Gasteiger partial charge is 0.505 e. The van der Waals surface area contributed by atoms with Crippen LogP contribution in [-0.2, 0) is 9.59 Å². The van der Waals surface area contributed by atoms with Crippen LogP contribution in [0.3, 0.4) is 0 Å². The number of carbonyl (C=O) groups is 3. The average Bonchev–Trinajstić information content (AvgIpc) is 2.87. The summed E-state index contributed by atoms with van der Waals surface area (Å²) in [6, 6.07) is 14.7. The molecule has 0 aliphatic rings. The summed E-state index contributed by atoms with van der Waals surface area (Å²) in [5.74, 6) is -3.86. The number of carboxylic acids is 2. The van der Waals surface area contributed by atoms with Gasteiger partial charge in [-0.15, -0.1) is 0 Å². The molecule has 0 bridgehead atoms. The van der Waals surface area contributed by atoms with Gasteiger partial charge in [-0.05, 0) is 43.2 Å². The molecule has 2 aromatic carbocycles. The molecule has 6 N–H and O–H groups in total. The molecule has 3 rings (SSSR count). The van der Waals surface area contributed by atoms with Gasteiger partial charge in [0.05, 0.1) is 0 Å². The molecule has 0 saturated heterocycles. The Bertz CT molecular complexity index is 1360. The van der Waals surface area contributed by atoms with Crippen LogP contribution in [0.4, 0.5) is 13.2 Å². The van der Waals surface area contributed by atoms with Crippen LogP contribution in [0.2, 0.25) is 0 Å². The number of aromatic hydroxyl groups is 1. The topological polar surface area (TPSA) is 196 Å². The van der Waals surface area contributed by atoms with Gasteiger partial charge in [0.1, 0.15) is 29.3 Å². The average molecular weight is 534 g/mol. The van der Waals surface area contributed by atoms with Crippen LogP contribution < -0.4 is 15.8 Å². The number of nitrogens with zero attached hydrogens (tertiary/aromatic N) is 2. The molecule has 0 aliphatic heterocycles. The first-order chi connectivity index (χ1) is 17.8. The van der Waals surface area contributed by atoms with Crippen molar-refractivity contribution in [2.75, 3.05) is 6.54 Å². The van der Waals surface area contributed by atoms with Crippen molar-refractivity contribution < 1.29 is 47.6 Å². The van der Waals surface area contributed by atoms with E-state index < -0.39 is 30.1 Å². The third-order valence-corrected chi connectivity index (χ3v) is 4.79. The molecule has 1 aromatic heterocycles. The van der Waals surface area contributed by atoms with Crippen LogP contribution in [-0.4, -0.2) is 56.9 Å². The van der Waals surface area contributed by atoms with Crippen LogP contribution >= 0.6 is 0 Å². The third kappa shape index (κ3) is 8.07. The predicted octanol–water partition coefficient (Wildman–Crippen LogP) is 3.16. The van der Waals surface area contributed by atoms with Gasteiger partial charge in [0.2, 0.25) is 0 Å². The number of amides is 1. The maximum absolute atomic E-state index is 12.4. The van der Waals surface area contributed by atoms with E-state index in [9.17, 15) is 33.1 Å². The molecular formula is C24H21F3N4O7. The first kappa shape index (κ1) is 29.3. The highest BCUT2D eigenvalue weighted by Crippen LogP contribution is 2.33. The van der Waals surface area contributed by atoms with Crippen molar-refractivity contribution in [1.29, 1.82) is 5.26 Å². The molecule has 1 atom stereocenters.